The maximum Gasteiger partial charge on any atom is 0.410 e. The van der Waals surface area contributed by atoms with Crippen LogP contribution in [0.15, 0.2) is 24.3 Å². The minimum absolute atomic E-state index is 0.160. The standard InChI is InChI=1S/C22H33NO3/c1-20(2,3)16-7-9-17(10-8-16)25-18-11-12-22(13-18)14-23(15-22)19(24)26-21(4,5)6/h7-10,18H,11-15H2,1-6H3/t18-/m1/s1. The number of amides is 1. The van der Waals surface area contributed by atoms with Crippen molar-refractivity contribution >= 4 is 6.09 Å². The van der Waals surface area contributed by atoms with Crippen LogP contribution in [0.25, 0.3) is 0 Å². The number of rotatable bonds is 2. The zero-order valence-corrected chi connectivity index (χ0v) is 17.1. The van der Waals surface area contributed by atoms with E-state index in [-0.39, 0.29) is 23.0 Å². The summed E-state index contributed by atoms with van der Waals surface area (Å²) >= 11 is 0. The third-order valence-electron chi connectivity index (χ3n) is 5.38. The van der Waals surface area contributed by atoms with Gasteiger partial charge >= 0.3 is 6.09 Å². The van der Waals surface area contributed by atoms with Gasteiger partial charge in [-0.1, -0.05) is 32.9 Å². The Morgan fingerprint density at radius 1 is 1.08 bits per heavy atom. The molecule has 3 rings (SSSR count). The molecule has 1 aromatic rings. The van der Waals surface area contributed by atoms with Gasteiger partial charge in [-0.15, -0.1) is 0 Å². The van der Waals surface area contributed by atoms with Gasteiger partial charge in [0.2, 0.25) is 0 Å². The van der Waals surface area contributed by atoms with Gasteiger partial charge in [0.05, 0.1) is 6.10 Å². The lowest BCUT2D eigenvalue weighted by Crippen LogP contribution is -2.58. The molecule has 1 aromatic carbocycles. The predicted octanol–water partition coefficient (Wildman–Crippen LogP) is 5.15. The Labute approximate surface area is 157 Å². The third-order valence-corrected chi connectivity index (χ3v) is 5.38. The normalized spacial score (nSPS) is 22.2. The Kier molecular flexibility index (Phi) is 4.74. The first kappa shape index (κ1) is 19.1. The quantitative estimate of drug-likeness (QED) is 0.733. The van der Waals surface area contributed by atoms with E-state index in [0.717, 1.165) is 38.1 Å². The lowest BCUT2D eigenvalue weighted by atomic mass is 9.78. The summed E-state index contributed by atoms with van der Waals surface area (Å²) in [4.78, 5) is 14.0. The van der Waals surface area contributed by atoms with Crippen molar-refractivity contribution in [2.75, 3.05) is 13.1 Å². The summed E-state index contributed by atoms with van der Waals surface area (Å²) in [6, 6.07) is 8.49. The van der Waals surface area contributed by atoms with Crippen LogP contribution in [0.4, 0.5) is 4.79 Å². The molecule has 1 atom stereocenters. The first-order valence-electron chi connectivity index (χ1n) is 9.71. The molecule has 2 aliphatic rings. The third kappa shape index (κ3) is 4.33. The van der Waals surface area contributed by atoms with Crippen LogP contribution in [0.5, 0.6) is 5.75 Å². The van der Waals surface area contributed by atoms with Crippen molar-refractivity contribution in [1.29, 1.82) is 0 Å². The number of nitrogens with zero attached hydrogens (tertiary/aromatic N) is 1. The molecule has 1 saturated heterocycles. The molecule has 1 heterocycles. The lowest BCUT2D eigenvalue weighted by Gasteiger charge is -2.48. The topological polar surface area (TPSA) is 38.8 Å². The Morgan fingerprint density at radius 2 is 1.69 bits per heavy atom. The van der Waals surface area contributed by atoms with Crippen LogP contribution in [-0.2, 0) is 10.2 Å². The molecule has 26 heavy (non-hydrogen) atoms. The van der Waals surface area contributed by atoms with E-state index in [1.165, 1.54) is 5.56 Å². The molecule has 4 nitrogen and oxygen atoms in total. The number of likely N-dealkylation sites (tertiary alicyclic amines) is 1. The monoisotopic (exact) mass is 359 g/mol. The minimum Gasteiger partial charge on any atom is -0.490 e. The molecule has 0 N–H and O–H groups in total. The van der Waals surface area contributed by atoms with E-state index in [2.05, 4.69) is 45.0 Å². The van der Waals surface area contributed by atoms with E-state index in [9.17, 15) is 4.79 Å². The van der Waals surface area contributed by atoms with Gasteiger partial charge in [-0.25, -0.2) is 4.79 Å². The molecule has 1 saturated carbocycles. The van der Waals surface area contributed by atoms with Crippen molar-refractivity contribution in [2.45, 2.75) is 77.9 Å². The highest BCUT2D eigenvalue weighted by Gasteiger charge is 2.51. The molecule has 1 spiro atoms. The molecule has 0 radical (unpaired) electrons. The SMILES string of the molecule is CC(C)(C)OC(=O)N1CC2(CC[C@@H](Oc3ccc(C(C)(C)C)cc3)C2)C1. The van der Waals surface area contributed by atoms with E-state index in [1.54, 1.807) is 0 Å². The molecule has 0 bridgehead atoms. The average Bonchev–Trinajstić information content (AvgIpc) is 2.87. The number of hydrogen-bond acceptors (Lipinski definition) is 3. The van der Waals surface area contributed by atoms with Gasteiger partial charge in [0.1, 0.15) is 11.4 Å². The Balaban J connectivity index is 1.50. The van der Waals surface area contributed by atoms with Crippen LogP contribution in [0.3, 0.4) is 0 Å². The van der Waals surface area contributed by atoms with Crippen molar-refractivity contribution < 1.29 is 14.3 Å². The van der Waals surface area contributed by atoms with E-state index in [4.69, 9.17) is 9.47 Å². The van der Waals surface area contributed by atoms with Crippen LogP contribution >= 0.6 is 0 Å². The summed E-state index contributed by atoms with van der Waals surface area (Å²) in [6.07, 6.45) is 3.26. The number of carbonyl (C=O) groups is 1. The molecule has 4 heteroatoms. The number of ether oxygens (including phenoxy) is 2. The summed E-state index contributed by atoms with van der Waals surface area (Å²) < 4.78 is 11.7. The van der Waals surface area contributed by atoms with Crippen LogP contribution in [-0.4, -0.2) is 35.8 Å². The largest absolute Gasteiger partial charge is 0.490 e. The highest BCUT2D eigenvalue weighted by Crippen LogP contribution is 2.47. The zero-order chi connectivity index (χ0) is 19.2. The molecule has 144 valence electrons. The van der Waals surface area contributed by atoms with Gasteiger partial charge in [-0.05, 0) is 63.1 Å². The highest BCUT2D eigenvalue weighted by molar-refractivity contribution is 5.69. The fraction of sp³-hybridized carbons (Fsp3) is 0.682. The molecule has 1 aliphatic heterocycles. The summed E-state index contributed by atoms with van der Waals surface area (Å²) in [5.41, 5.74) is 1.28. The molecule has 0 aromatic heterocycles. The lowest BCUT2D eigenvalue weighted by molar-refractivity contribution is -0.0350. The van der Waals surface area contributed by atoms with Gasteiger partial charge in [0.15, 0.2) is 0 Å². The second kappa shape index (κ2) is 6.47. The van der Waals surface area contributed by atoms with Gasteiger partial charge < -0.3 is 14.4 Å². The van der Waals surface area contributed by atoms with Crippen molar-refractivity contribution in [3.05, 3.63) is 29.8 Å². The van der Waals surface area contributed by atoms with E-state index in [1.807, 2.05) is 25.7 Å². The van der Waals surface area contributed by atoms with Crippen LogP contribution in [0.1, 0.15) is 66.4 Å². The number of carbonyl (C=O) groups excluding carboxylic acids is 1. The summed E-state index contributed by atoms with van der Waals surface area (Å²) in [7, 11) is 0. The number of benzene rings is 1. The smallest absolute Gasteiger partial charge is 0.410 e. The second-order valence-electron chi connectivity index (χ2n) is 10.1. The number of hydrogen-bond donors (Lipinski definition) is 0. The van der Waals surface area contributed by atoms with Gasteiger partial charge in [0, 0.05) is 18.5 Å². The molecule has 0 unspecified atom stereocenters. The van der Waals surface area contributed by atoms with E-state index >= 15 is 0 Å². The van der Waals surface area contributed by atoms with Crippen molar-refractivity contribution in [3.63, 3.8) is 0 Å². The van der Waals surface area contributed by atoms with Crippen LogP contribution in [0.2, 0.25) is 0 Å². The predicted molar refractivity (Wildman–Crippen MR) is 104 cm³/mol. The first-order valence-corrected chi connectivity index (χ1v) is 9.71. The van der Waals surface area contributed by atoms with Crippen LogP contribution in [0, 0.1) is 5.41 Å². The maximum atomic E-state index is 12.1. The molecule has 2 fully saturated rings. The van der Waals surface area contributed by atoms with Gasteiger partial charge in [-0.2, -0.15) is 0 Å². The minimum atomic E-state index is -0.430. The molecular weight excluding hydrogens is 326 g/mol. The fourth-order valence-electron chi connectivity index (χ4n) is 3.99. The Bertz CT molecular complexity index is 645. The highest BCUT2D eigenvalue weighted by atomic mass is 16.6. The Hall–Kier alpha value is -1.71. The zero-order valence-electron chi connectivity index (χ0n) is 17.1. The summed E-state index contributed by atoms with van der Waals surface area (Å²) in [5, 5.41) is 0. The Morgan fingerprint density at radius 3 is 2.23 bits per heavy atom. The molecular formula is C22H33NO3. The summed E-state index contributed by atoms with van der Waals surface area (Å²) in [5.74, 6) is 0.948. The second-order valence-corrected chi connectivity index (χ2v) is 10.1. The maximum absolute atomic E-state index is 12.1. The van der Waals surface area contributed by atoms with Gasteiger partial charge in [0.25, 0.3) is 0 Å². The van der Waals surface area contributed by atoms with Crippen molar-refractivity contribution in [3.8, 4) is 5.75 Å². The summed E-state index contributed by atoms with van der Waals surface area (Å²) in [6.45, 7) is 14.0. The fourth-order valence-corrected chi connectivity index (χ4v) is 3.99. The first-order chi connectivity index (χ1) is 12.0. The molecule has 1 amide bonds. The van der Waals surface area contributed by atoms with Crippen molar-refractivity contribution in [2.24, 2.45) is 5.41 Å². The average molecular weight is 360 g/mol. The van der Waals surface area contributed by atoms with Gasteiger partial charge in [-0.3, -0.25) is 0 Å². The molecule has 1 aliphatic carbocycles. The van der Waals surface area contributed by atoms with Crippen LogP contribution < -0.4 is 4.74 Å². The van der Waals surface area contributed by atoms with E-state index < -0.39 is 5.60 Å². The van der Waals surface area contributed by atoms with E-state index in [0.29, 0.717) is 0 Å². The van der Waals surface area contributed by atoms with Crippen molar-refractivity contribution in [1.82, 2.24) is 4.90 Å².